The Balaban J connectivity index is 2.28. The van der Waals surface area contributed by atoms with Crippen LogP contribution in [-0.2, 0) is 11.8 Å². The second-order valence-electron chi connectivity index (χ2n) is 2.98. The van der Waals surface area contributed by atoms with Crippen molar-refractivity contribution in [1.29, 1.82) is 0 Å². The summed E-state index contributed by atoms with van der Waals surface area (Å²) in [5, 5.41) is 3.83. The Morgan fingerprint density at radius 2 is 2.40 bits per heavy atom. The molecule has 0 atom stereocenters. The monoisotopic (exact) mass is 218 g/mol. The molecular weight excluding hydrogens is 206 g/mol. The summed E-state index contributed by atoms with van der Waals surface area (Å²) < 4.78 is 29.4. The number of carbonyl (C=O) groups is 1. The fourth-order valence-electron chi connectivity index (χ4n) is 1.11. The van der Waals surface area contributed by atoms with E-state index in [0.29, 0.717) is 5.69 Å². The highest BCUT2D eigenvalue weighted by Crippen LogP contribution is 2.02. The molecule has 4 nitrogen and oxygen atoms in total. The molecule has 0 radical (unpaired) electrons. The summed E-state index contributed by atoms with van der Waals surface area (Å²) in [5.74, 6) is -0.163. The highest BCUT2D eigenvalue weighted by molar-refractivity contribution is 5.94. The molecule has 0 amide bonds. The first-order chi connectivity index (χ1) is 7.11. The Morgan fingerprint density at radius 3 is 2.93 bits per heavy atom. The van der Waals surface area contributed by atoms with Gasteiger partial charge in [-0.25, -0.2) is 8.78 Å². The Labute approximate surface area is 85.8 Å². The second-order valence-corrected chi connectivity index (χ2v) is 2.98. The van der Waals surface area contributed by atoms with Gasteiger partial charge in [-0.05, 0) is 6.07 Å². The van der Waals surface area contributed by atoms with Gasteiger partial charge < -0.3 is 4.74 Å². The van der Waals surface area contributed by atoms with Crippen LogP contribution >= 0.6 is 0 Å². The fourth-order valence-corrected chi connectivity index (χ4v) is 1.11. The average Bonchev–Trinajstić information content (AvgIpc) is 2.58. The topological polar surface area (TPSA) is 44.1 Å². The third-order valence-electron chi connectivity index (χ3n) is 1.82. The van der Waals surface area contributed by atoms with Crippen molar-refractivity contribution in [3.05, 3.63) is 18.0 Å². The number of nitrogens with zero attached hydrogens (tertiary/aromatic N) is 2. The van der Waals surface area contributed by atoms with Gasteiger partial charge in [0.15, 0.2) is 5.78 Å². The van der Waals surface area contributed by atoms with Crippen molar-refractivity contribution in [2.45, 2.75) is 12.8 Å². The molecule has 0 bridgehead atoms. The zero-order valence-electron chi connectivity index (χ0n) is 8.32. The molecule has 0 saturated carbocycles. The maximum absolute atomic E-state index is 11.7. The highest BCUT2D eigenvalue weighted by atomic mass is 19.3. The zero-order chi connectivity index (χ0) is 11.3. The van der Waals surface area contributed by atoms with Crippen LogP contribution in [0, 0.1) is 0 Å². The van der Waals surface area contributed by atoms with Crippen LogP contribution in [0.4, 0.5) is 8.78 Å². The van der Waals surface area contributed by atoms with E-state index in [9.17, 15) is 13.6 Å². The molecule has 84 valence electrons. The minimum Gasteiger partial charge on any atom is -0.375 e. The number of rotatable bonds is 6. The van der Waals surface area contributed by atoms with E-state index < -0.39 is 13.0 Å². The van der Waals surface area contributed by atoms with E-state index >= 15 is 0 Å². The van der Waals surface area contributed by atoms with E-state index in [4.69, 9.17) is 0 Å². The number of ether oxygens (including phenoxy) is 1. The van der Waals surface area contributed by atoms with Crippen molar-refractivity contribution < 1.29 is 18.3 Å². The quantitative estimate of drug-likeness (QED) is 0.533. The van der Waals surface area contributed by atoms with E-state index in [1.165, 1.54) is 10.9 Å². The van der Waals surface area contributed by atoms with E-state index in [-0.39, 0.29) is 18.8 Å². The van der Waals surface area contributed by atoms with E-state index in [1.54, 1.807) is 13.1 Å². The molecule has 0 saturated heterocycles. The minimum atomic E-state index is -2.49. The highest BCUT2D eigenvalue weighted by Gasteiger charge is 2.10. The zero-order valence-corrected chi connectivity index (χ0v) is 8.32. The molecule has 0 aromatic carbocycles. The lowest BCUT2D eigenvalue weighted by Crippen LogP contribution is -2.12. The smallest absolute Gasteiger partial charge is 0.261 e. The molecule has 6 heteroatoms. The molecule has 0 spiro atoms. The van der Waals surface area contributed by atoms with Crippen LogP contribution in [0.3, 0.4) is 0 Å². The van der Waals surface area contributed by atoms with Gasteiger partial charge in [0.1, 0.15) is 12.3 Å². The predicted octanol–water partition coefficient (Wildman–Crippen LogP) is 1.27. The lowest BCUT2D eigenvalue weighted by Gasteiger charge is -2.03. The summed E-state index contributed by atoms with van der Waals surface area (Å²) in [5.41, 5.74) is 0.454. The number of alkyl halides is 2. The third-order valence-corrected chi connectivity index (χ3v) is 1.82. The molecule has 0 aliphatic carbocycles. The van der Waals surface area contributed by atoms with Gasteiger partial charge in [0.2, 0.25) is 0 Å². The van der Waals surface area contributed by atoms with E-state index in [1.807, 2.05) is 0 Å². The van der Waals surface area contributed by atoms with Crippen LogP contribution in [0.2, 0.25) is 0 Å². The molecule has 0 unspecified atom stereocenters. The Hall–Kier alpha value is -1.30. The number of Topliss-reactive ketones (excluding diaryl/α,β-unsaturated/α-hetero) is 1. The van der Waals surface area contributed by atoms with Crippen molar-refractivity contribution in [3.8, 4) is 0 Å². The second kappa shape index (κ2) is 5.55. The van der Waals surface area contributed by atoms with Crippen LogP contribution in [0.5, 0.6) is 0 Å². The molecule has 1 aromatic heterocycles. The van der Waals surface area contributed by atoms with E-state index in [2.05, 4.69) is 9.84 Å². The first-order valence-corrected chi connectivity index (χ1v) is 4.48. The molecule has 1 heterocycles. The van der Waals surface area contributed by atoms with Crippen molar-refractivity contribution in [2.24, 2.45) is 7.05 Å². The largest absolute Gasteiger partial charge is 0.375 e. The number of ketones is 1. The summed E-state index contributed by atoms with van der Waals surface area (Å²) in [6, 6.07) is 1.58. The van der Waals surface area contributed by atoms with Crippen molar-refractivity contribution in [2.75, 3.05) is 13.2 Å². The number of aryl methyl sites for hydroxylation is 1. The number of carbonyl (C=O) groups excluding carboxylic acids is 1. The Morgan fingerprint density at radius 1 is 1.67 bits per heavy atom. The Bertz CT molecular complexity index is 326. The van der Waals surface area contributed by atoms with Gasteiger partial charge in [-0.3, -0.25) is 9.48 Å². The molecule has 1 aromatic rings. The van der Waals surface area contributed by atoms with Crippen LogP contribution < -0.4 is 0 Å². The minimum absolute atomic E-state index is 0.00829. The van der Waals surface area contributed by atoms with Gasteiger partial charge in [-0.2, -0.15) is 5.10 Å². The molecule has 0 aliphatic rings. The molecule has 0 fully saturated rings. The van der Waals surface area contributed by atoms with Gasteiger partial charge in [0.05, 0.1) is 6.61 Å². The predicted molar refractivity (Wildman–Crippen MR) is 49.0 cm³/mol. The standard InChI is InChI=1S/C9H12F2N2O2/c1-13-7(2-4-12-13)8(14)3-5-15-6-9(10)11/h2,4,9H,3,5-6H2,1H3. The summed E-state index contributed by atoms with van der Waals surface area (Å²) in [7, 11) is 1.65. The SMILES string of the molecule is Cn1nccc1C(=O)CCOCC(F)F. The molecule has 0 aliphatic heterocycles. The first-order valence-electron chi connectivity index (χ1n) is 4.48. The van der Waals surface area contributed by atoms with Crippen molar-refractivity contribution in [3.63, 3.8) is 0 Å². The number of halogens is 2. The summed E-state index contributed by atoms with van der Waals surface area (Å²) >= 11 is 0. The molecule has 0 N–H and O–H groups in total. The fraction of sp³-hybridized carbons (Fsp3) is 0.556. The van der Waals surface area contributed by atoms with Crippen molar-refractivity contribution in [1.82, 2.24) is 9.78 Å². The third kappa shape index (κ3) is 3.75. The van der Waals surface area contributed by atoms with Crippen molar-refractivity contribution >= 4 is 5.78 Å². The lowest BCUT2D eigenvalue weighted by molar-refractivity contribution is 0.0169. The van der Waals surface area contributed by atoms with Crippen LogP contribution in [0.25, 0.3) is 0 Å². The van der Waals surface area contributed by atoms with Gasteiger partial charge in [0.25, 0.3) is 6.43 Å². The number of aromatic nitrogens is 2. The molecule has 15 heavy (non-hydrogen) atoms. The molecular formula is C9H12F2N2O2. The number of hydrogen-bond acceptors (Lipinski definition) is 3. The summed E-state index contributed by atoms with van der Waals surface area (Å²) in [6.45, 7) is -0.618. The Kier molecular flexibility index (Phi) is 4.36. The van der Waals surface area contributed by atoms with Crippen LogP contribution in [0.15, 0.2) is 12.3 Å². The van der Waals surface area contributed by atoms with Gasteiger partial charge >= 0.3 is 0 Å². The summed E-state index contributed by atoms with van der Waals surface area (Å²) in [6.07, 6.45) is -0.892. The van der Waals surface area contributed by atoms with Crippen LogP contribution in [-0.4, -0.2) is 35.2 Å². The van der Waals surface area contributed by atoms with Gasteiger partial charge in [-0.1, -0.05) is 0 Å². The maximum atomic E-state index is 11.7. The number of hydrogen-bond donors (Lipinski definition) is 0. The maximum Gasteiger partial charge on any atom is 0.261 e. The van der Waals surface area contributed by atoms with E-state index in [0.717, 1.165) is 0 Å². The lowest BCUT2D eigenvalue weighted by atomic mass is 10.2. The average molecular weight is 218 g/mol. The van der Waals surface area contributed by atoms with Gasteiger partial charge in [-0.15, -0.1) is 0 Å². The van der Waals surface area contributed by atoms with Gasteiger partial charge in [0, 0.05) is 19.7 Å². The summed E-state index contributed by atoms with van der Waals surface area (Å²) in [4.78, 5) is 11.4. The molecule has 1 rings (SSSR count). The first kappa shape index (κ1) is 11.8. The van der Waals surface area contributed by atoms with Crippen LogP contribution in [0.1, 0.15) is 16.9 Å². The normalized spacial score (nSPS) is 10.9.